The third kappa shape index (κ3) is 2.97. The number of carbonyl (C=O) groups is 1. The van der Waals surface area contributed by atoms with Gasteiger partial charge in [-0.1, -0.05) is 18.7 Å². The van der Waals surface area contributed by atoms with Crippen LogP contribution in [0.1, 0.15) is 18.5 Å². The molecule has 1 aliphatic heterocycles. The molecular weight excluding hydrogens is 350 g/mol. The lowest BCUT2D eigenvalue weighted by Gasteiger charge is -2.11. The predicted molar refractivity (Wildman–Crippen MR) is 87.5 cm³/mol. The minimum Gasteiger partial charge on any atom is -0.324 e. The van der Waals surface area contributed by atoms with Crippen LogP contribution in [-0.2, 0) is 4.79 Å². The molecule has 2 heterocycles. The van der Waals surface area contributed by atoms with Crippen LogP contribution in [0.4, 0.5) is 5.69 Å². The summed E-state index contributed by atoms with van der Waals surface area (Å²) in [6.45, 7) is 2.75. The summed E-state index contributed by atoms with van der Waals surface area (Å²) in [4.78, 5) is 18.2. The molecule has 1 unspecified atom stereocenters. The van der Waals surface area contributed by atoms with E-state index in [1.807, 2.05) is 31.2 Å². The zero-order chi connectivity index (χ0) is 14.8. The van der Waals surface area contributed by atoms with Crippen molar-refractivity contribution in [3.05, 3.63) is 46.7 Å². The first kappa shape index (κ1) is 14.6. The lowest BCUT2D eigenvalue weighted by atomic mass is 10.1. The van der Waals surface area contributed by atoms with Gasteiger partial charge >= 0.3 is 0 Å². The number of likely N-dealkylation sites (N-methyl/N-ethyl adjacent to an activating group) is 1. The van der Waals surface area contributed by atoms with E-state index in [1.165, 1.54) is 0 Å². The molecule has 0 saturated heterocycles. The molecule has 1 amide bonds. The van der Waals surface area contributed by atoms with Crippen molar-refractivity contribution in [1.82, 2.24) is 10.3 Å². The average Bonchev–Trinajstić information content (AvgIpc) is 2.77. The van der Waals surface area contributed by atoms with Gasteiger partial charge in [0.25, 0.3) is 0 Å². The molecule has 0 spiro atoms. The third-order valence-corrected chi connectivity index (χ3v) is 5.20. The molecule has 0 fully saturated rings. The van der Waals surface area contributed by atoms with Crippen LogP contribution in [0.25, 0.3) is 0 Å². The molecule has 0 aliphatic carbocycles. The number of anilines is 1. The van der Waals surface area contributed by atoms with Crippen molar-refractivity contribution < 1.29 is 4.79 Å². The molecule has 6 heteroatoms. The number of nitrogens with one attached hydrogen (secondary N) is 2. The first-order valence-electron chi connectivity index (χ1n) is 6.64. The molecule has 3 rings (SSSR count). The van der Waals surface area contributed by atoms with Crippen molar-refractivity contribution in [3.63, 3.8) is 0 Å². The van der Waals surface area contributed by atoms with Crippen LogP contribution in [0.3, 0.4) is 0 Å². The Morgan fingerprint density at radius 3 is 2.86 bits per heavy atom. The minimum atomic E-state index is -0.263. The summed E-state index contributed by atoms with van der Waals surface area (Å²) in [6, 6.07) is 7.69. The van der Waals surface area contributed by atoms with Gasteiger partial charge in [0, 0.05) is 37.9 Å². The average molecular weight is 364 g/mol. The SMILES string of the molecule is CCNC1C(=O)Nc2cc(Sc3ccncc3)c(Br)cc21. The Labute approximate surface area is 135 Å². The Morgan fingerprint density at radius 2 is 2.14 bits per heavy atom. The van der Waals surface area contributed by atoms with Crippen LogP contribution in [0.5, 0.6) is 0 Å². The first-order valence-corrected chi connectivity index (χ1v) is 8.25. The standard InChI is InChI=1S/C15H14BrN3OS/c1-2-18-14-10-7-11(16)13(8-12(10)19-15(14)20)21-9-3-5-17-6-4-9/h3-8,14,18H,2H2,1H3,(H,19,20). The summed E-state index contributed by atoms with van der Waals surface area (Å²) in [5, 5.41) is 6.14. The highest BCUT2D eigenvalue weighted by atomic mass is 79.9. The Morgan fingerprint density at radius 1 is 1.38 bits per heavy atom. The van der Waals surface area contributed by atoms with Crippen LogP contribution < -0.4 is 10.6 Å². The second-order valence-electron chi connectivity index (χ2n) is 4.63. The summed E-state index contributed by atoms with van der Waals surface area (Å²) >= 11 is 5.24. The molecule has 1 aliphatic rings. The number of halogens is 1. The van der Waals surface area contributed by atoms with E-state index in [4.69, 9.17) is 0 Å². The zero-order valence-electron chi connectivity index (χ0n) is 11.4. The fourth-order valence-electron chi connectivity index (χ4n) is 2.28. The van der Waals surface area contributed by atoms with Gasteiger partial charge in [-0.25, -0.2) is 0 Å². The van der Waals surface area contributed by atoms with Crippen molar-refractivity contribution in [2.24, 2.45) is 0 Å². The van der Waals surface area contributed by atoms with E-state index in [0.29, 0.717) is 0 Å². The number of carbonyl (C=O) groups excluding carboxylic acids is 1. The summed E-state index contributed by atoms with van der Waals surface area (Å²) in [7, 11) is 0. The maximum absolute atomic E-state index is 12.0. The Balaban J connectivity index is 1.92. The van der Waals surface area contributed by atoms with Crippen LogP contribution >= 0.6 is 27.7 Å². The number of fused-ring (bicyclic) bond motifs is 1. The fraction of sp³-hybridized carbons (Fsp3) is 0.200. The molecule has 0 saturated carbocycles. The number of rotatable bonds is 4. The van der Waals surface area contributed by atoms with Gasteiger partial charge in [-0.15, -0.1) is 0 Å². The van der Waals surface area contributed by atoms with Gasteiger partial charge in [0.15, 0.2) is 0 Å². The van der Waals surface area contributed by atoms with Crippen molar-refractivity contribution in [1.29, 1.82) is 0 Å². The normalized spacial score (nSPS) is 16.7. The molecule has 1 aromatic heterocycles. The number of aromatic nitrogens is 1. The molecule has 21 heavy (non-hydrogen) atoms. The monoisotopic (exact) mass is 363 g/mol. The van der Waals surface area contributed by atoms with Crippen LogP contribution in [0.15, 0.2) is 50.9 Å². The number of hydrogen-bond acceptors (Lipinski definition) is 4. The van der Waals surface area contributed by atoms with Gasteiger partial charge in [-0.3, -0.25) is 9.78 Å². The molecule has 1 aromatic carbocycles. The van der Waals surface area contributed by atoms with Gasteiger partial charge in [0.1, 0.15) is 6.04 Å². The van der Waals surface area contributed by atoms with Gasteiger partial charge in [0.2, 0.25) is 5.91 Å². The molecular formula is C15H14BrN3OS. The van der Waals surface area contributed by atoms with Crippen LogP contribution in [0.2, 0.25) is 0 Å². The van der Waals surface area contributed by atoms with Crippen LogP contribution in [0, 0.1) is 0 Å². The van der Waals surface area contributed by atoms with E-state index in [-0.39, 0.29) is 11.9 Å². The van der Waals surface area contributed by atoms with Crippen molar-refractivity contribution in [2.45, 2.75) is 22.8 Å². The summed E-state index contributed by atoms with van der Waals surface area (Å²) in [5.74, 6) is 0.00445. The molecule has 0 bridgehead atoms. The number of pyridine rings is 1. The van der Waals surface area contributed by atoms with Crippen molar-refractivity contribution in [3.8, 4) is 0 Å². The number of hydrogen-bond donors (Lipinski definition) is 2. The number of nitrogens with zero attached hydrogens (tertiary/aromatic N) is 1. The largest absolute Gasteiger partial charge is 0.324 e. The molecule has 2 aromatic rings. The number of benzene rings is 1. The lowest BCUT2D eigenvalue weighted by molar-refractivity contribution is -0.117. The predicted octanol–water partition coefficient (Wildman–Crippen LogP) is 3.60. The molecule has 0 radical (unpaired) electrons. The second-order valence-corrected chi connectivity index (χ2v) is 6.60. The van der Waals surface area contributed by atoms with Crippen LogP contribution in [-0.4, -0.2) is 17.4 Å². The Kier molecular flexibility index (Phi) is 4.28. The summed E-state index contributed by atoms with van der Waals surface area (Å²) < 4.78 is 0.988. The molecule has 108 valence electrons. The quantitative estimate of drug-likeness (QED) is 0.871. The smallest absolute Gasteiger partial charge is 0.246 e. The number of amides is 1. The summed E-state index contributed by atoms with van der Waals surface area (Å²) in [6.07, 6.45) is 3.54. The van der Waals surface area contributed by atoms with Gasteiger partial charge < -0.3 is 10.6 Å². The maximum Gasteiger partial charge on any atom is 0.246 e. The zero-order valence-corrected chi connectivity index (χ0v) is 13.8. The molecule has 4 nitrogen and oxygen atoms in total. The highest BCUT2D eigenvalue weighted by Gasteiger charge is 2.30. The van der Waals surface area contributed by atoms with E-state index in [2.05, 4.69) is 31.5 Å². The third-order valence-electron chi connectivity index (χ3n) is 3.22. The van der Waals surface area contributed by atoms with Gasteiger partial charge in [-0.2, -0.15) is 0 Å². The maximum atomic E-state index is 12.0. The van der Waals surface area contributed by atoms with Gasteiger partial charge in [0.05, 0.1) is 0 Å². The van der Waals surface area contributed by atoms with E-state index in [9.17, 15) is 4.79 Å². The van der Waals surface area contributed by atoms with E-state index in [1.54, 1.807) is 24.2 Å². The highest BCUT2D eigenvalue weighted by molar-refractivity contribution is 9.10. The first-order chi connectivity index (χ1) is 10.2. The fourth-order valence-corrected chi connectivity index (χ4v) is 3.73. The van der Waals surface area contributed by atoms with E-state index in [0.717, 1.165) is 32.1 Å². The molecule has 1 atom stereocenters. The van der Waals surface area contributed by atoms with E-state index >= 15 is 0 Å². The summed E-state index contributed by atoms with van der Waals surface area (Å²) in [5.41, 5.74) is 1.87. The van der Waals surface area contributed by atoms with Gasteiger partial charge in [-0.05, 0) is 46.7 Å². The van der Waals surface area contributed by atoms with Crippen molar-refractivity contribution in [2.75, 3.05) is 11.9 Å². The van der Waals surface area contributed by atoms with Crippen molar-refractivity contribution >= 4 is 39.3 Å². The second kappa shape index (κ2) is 6.17. The lowest BCUT2D eigenvalue weighted by Crippen LogP contribution is -2.27. The Hall–Kier alpha value is -1.37. The Bertz CT molecular complexity index is 678. The topological polar surface area (TPSA) is 54.0 Å². The molecule has 2 N–H and O–H groups in total. The van der Waals surface area contributed by atoms with E-state index < -0.39 is 0 Å². The highest BCUT2D eigenvalue weighted by Crippen LogP contribution is 2.41. The minimum absolute atomic E-state index is 0.00445.